The molecule has 0 saturated carbocycles. The lowest BCUT2D eigenvalue weighted by atomic mass is 10.1. The van der Waals surface area contributed by atoms with Crippen LogP contribution in [-0.4, -0.2) is 46.8 Å². The first-order chi connectivity index (χ1) is 13.9. The summed E-state index contributed by atoms with van der Waals surface area (Å²) in [4.78, 5) is 16.3. The molecule has 1 aromatic heterocycles. The number of aromatic nitrogens is 2. The Morgan fingerprint density at radius 3 is 2.55 bits per heavy atom. The van der Waals surface area contributed by atoms with E-state index in [-0.39, 0.29) is 12.5 Å². The number of carbonyl (C=O) groups excluding carboxylic acids is 1. The summed E-state index contributed by atoms with van der Waals surface area (Å²) in [6.45, 7) is 2.24. The fourth-order valence-electron chi connectivity index (χ4n) is 4.12. The number of nitrogens with zero attached hydrogens (tertiary/aromatic N) is 4. The molecule has 29 heavy (non-hydrogen) atoms. The zero-order valence-corrected chi connectivity index (χ0v) is 16.3. The molecule has 0 atom stereocenters. The Hall–Kier alpha value is -2.51. The number of halogens is 3. The summed E-state index contributed by atoms with van der Waals surface area (Å²) in [5.41, 5.74) is 2.27. The highest BCUT2D eigenvalue weighted by atomic mass is 19.4. The standard InChI is InChI=1S/C21H25F3N4O/c22-21(23,24)17-6-4-7-18(13-17)26-9-11-27(12-10-26)20(29)15-28-14-16-5-2-1-3-8-19(16)25-28/h4,6-7,13-14H,1-3,5,8-12,15H2. The highest BCUT2D eigenvalue weighted by Gasteiger charge is 2.31. The van der Waals surface area contributed by atoms with Crippen molar-refractivity contribution in [1.29, 1.82) is 0 Å². The molecule has 2 heterocycles. The third-order valence-electron chi connectivity index (χ3n) is 5.75. The van der Waals surface area contributed by atoms with E-state index in [1.165, 1.54) is 30.5 Å². The van der Waals surface area contributed by atoms with Gasteiger partial charge in [0.05, 0.1) is 11.3 Å². The summed E-state index contributed by atoms with van der Waals surface area (Å²) in [7, 11) is 0. The number of alkyl halides is 3. The lowest BCUT2D eigenvalue weighted by Gasteiger charge is -2.36. The number of amides is 1. The topological polar surface area (TPSA) is 41.4 Å². The largest absolute Gasteiger partial charge is 0.416 e. The minimum Gasteiger partial charge on any atom is -0.368 e. The van der Waals surface area contributed by atoms with Crippen LogP contribution in [0.2, 0.25) is 0 Å². The first-order valence-corrected chi connectivity index (χ1v) is 10.2. The van der Waals surface area contributed by atoms with E-state index >= 15 is 0 Å². The van der Waals surface area contributed by atoms with Crippen LogP contribution in [0, 0.1) is 0 Å². The molecule has 2 aliphatic rings. The molecular formula is C21H25F3N4O. The summed E-state index contributed by atoms with van der Waals surface area (Å²) in [5, 5.41) is 4.59. The Balaban J connectivity index is 1.34. The Labute approximate surface area is 168 Å². The van der Waals surface area contributed by atoms with E-state index in [0.717, 1.165) is 31.0 Å². The minimum absolute atomic E-state index is 0.00588. The fraction of sp³-hybridized carbons (Fsp3) is 0.524. The van der Waals surface area contributed by atoms with E-state index in [2.05, 4.69) is 5.10 Å². The van der Waals surface area contributed by atoms with E-state index in [0.29, 0.717) is 31.9 Å². The van der Waals surface area contributed by atoms with Gasteiger partial charge in [-0.05, 0) is 49.4 Å². The average molecular weight is 406 g/mol. The Kier molecular flexibility index (Phi) is 5.52. The third kappa shape index (κ3) is 4.57. The zero-order valence-electron chi connectivity index (χ0n) is 16.3. The molecule has 0 unspecified atom stereocenters. The Bertz CT molecular complexity index is 846. The number of hydrogen-bond acceptors (Lipinski definition) is 3. The second-order valence-corrected chi connectivity index (χ2v) is 7.78. The van der Waals surface area contributed by atoms with Crippen molar-refractivity contribution in [2.75, 3.05) is 31.1 Å². The molecule has 1 amide bonds. The molecule has 8 heteroatoms. The molecule has 0 bridgehead atoms. The predicted octanol–water partition coefficient (Wildman–Crippen LogP) is 3.52. The SMILES string of the molecule is O=C(Cn1cc2c(n1)CCCCC2)N1CCN(c2cccc(C(F)(F)F)c2)CC1. The van der Waals surface area contributed by atoms with E-state index in [4.69, 9.17) is 0 Å². The van der Waals surface area contributed by atoms with Crippen LogP contribution in [0.1, 0.15) is 36.1 Å². The van der Waals surface area contributed by atoms with Gasteiger partial charge in [-0.3, -0.25) is 9.48 Å². The van der Waals surface area contributed by atoms with Crippen LogP contribution in [-0.2, 0) is 30.4 Å². The van der Waals surface area contributed by atoms with Crippen molar-refractivity contribution in [3.63, 3.8) is 0 Å². The molecule has 1 fully saturated rings. The number of benzene rings is 1. The molecule has 0 spiro atoms. The number of carbonyl (C=O) groups is 1. The van der Waals surface area contributed by atoms with Gasteiger partial charge in [0.2, 0.25) is 5.91 Å². The van der Waals surface area contributed by atoms with E-state index in [1.54, 1.807) is 15.6 Å². The first kappa shape index (κ1) is 19.8. The van der Waals surface area contributed by atoms with Crippen LogP contribution >= 0.6 is 0 Å². The maximum absolute atomic E-state index is 12.9. The predicted molar refractivity (Wildman–Crippen MR) is 104 cm³/mol. The van der Waals surface area contributed by atoms with Crippen molar-refractivity contribution in [3.8, 4) is 0 Å². The Morgan fingerprint density at radius 2 is 1.79 bits per heavy atom. The molecule has 1 aliphatic carbocycles. The molecule has 1 saturated heterocycles. The number of anilines is 1. The number of hydrogen-bond donors (Lipinski definition) is 0. The van der Waals surface area contributed by atoms with Crippen molar-refractivity contribution in [1.82, 2.24) is 14.7 Å². The zero-order chi connectivity index (χ0) is 20.4. The van der Waals surface area contributed by atoms with Crippen molar-refractivity contribution in [2.24, 2.45) is 0 Å². The number of aryl methyl sites for hydroxylation is 2. The van der Waals surface area contributed by atoms with Crippen LogP contribution in [0.4, 0.5) is 18.9 Å². The van der Waals surface area contributed by atoms with Crippen LogP contribution in [0.25, 0.3) is 0 Å². The summed E-state index contributed by atoms with van der Waals surface area (Å²) in [5.74, 6) is 0.00588. The molecule has 4 rings (SSSR count). The lowest BCUT2D eigenvalue weighted by molar-refractivity contribution is -0.137. The maximum atomic E-state index is 12.9. The van der Waals surface area contributed by atoms with Crippen molar-refractivity contribution in [2.45, 2.75) is 44.8 Å². The van der Waals surface area contributed by atoms with Gasteiger partial charge in [-0.15, -0.1) is 0 Å². The second-order valence-electron chi connectivity index (χ2n) is 7.78. The first-order valence-electron chi connectivity index (χ1n) is 10.2. The summed E-state index contributed by atoms with van der Waals surface area (Å²) >= 11 is 0. The van der Waals surface area contributed by atoms with Crippen molar-refractivity contribution >= 4 is 11.6 Å². The molecule has 0 N–H and O–H groups in total. The number of fused-ring (bicyclic) bond motifs is 1. The highest BCUT2D eigenvalue weighted by Crippen LogP contribution is 2.31. The van der Waals surface area contributed by atoms with Crippen LogP contribution < -0.4 is 4.90 Å². The molecule has 1 aliphatic heterocycles. The Morgan fingerprint density at radius 1 is 1.03 bits per heavy atom. The van der Waals surface area contributed by atoms with Gasteiger partial charge in [0.15, 0.2) is 0 Å². The van der Waals surface area contributed by atoms with Gasteiger partial charge in [-0.25, -0.2) is 0 Å². The molecule has 156 valence electrons. The van der Waals surface area contributed by atoms with Gasteiger partial charge in [0, 0.05) is 38.1 Å². The summed E-state index contributed by atoms with van der Waals surface area (Å²) in [6, 6.07) is 5.37. The number of piperazine rings is 1. The van der Waals surface area contributed by atoms with E-state index in [9.17, 15) is 18.0 Å². The normalized spacial score (nSPS) is 17.8. The van der Waals surface area contributed by atoms with Gasteiger partial charge in [-0.1, -0.05) is 12.5 Å². The third-order valence-corrected chi connectivity index (χ3v) is 5.75. The van der Waals surface area contributed by atoms with Gasteiger partial charge in [0.25, 0.3) is 0 Å². The van der Waals surface area contributed by atoms with Gasteiger partial charge < -0.3 is 9.80 Å². The van der Waals surface area contributed by atoms with Crippen LogP contribution in [0.15, 0.2) is 30.5 Å². The quantitative estimate of drug-likeness (QED) is 0.733. The van der Waals surface area contributed by atoms with Gasteiger partial charge in [0.1, 0.15) is 6.54 Å². The monoisotopic (exact) mass is 406 g/mol. The fourth-order valence-corrected chi connectivity index (χ4v) is 4.12. The molecule has 0 radical (unpaired) electrons. The van der Waals surface area contributed by atoms with Crippen molar-refractivity contribution in [3.05, 3.63) is 47.3 Å². The average Bonchev–Trinajstić information content (AvgIpc) is 2.95. The molecule has 1 aromatic carbocycles. The van der Waals surface area contributed by atoms with Crippen LogP contribution in [0.3, 0.4) is 0 Å². The van der Waals surface area contributed by atoms with Crippen LogP contribution in [0.5, 0.6) is 0 Å². The van der Waals surface area contributed by atoms with E-state index in [1.807, 2.05) is 11.1 Å². The summed E-state index contributed by atoms with van der Waals surface area (Å²) in [6.07, 6.45) is 3.20. The lowest BCUT2D eigenvalue weighted by Crippen LogP contribution is -2.49. The summed E-state index contributed by atoms with van der Waals surface area (Å²) < 4.78 is 40.6. The molecule has 5 nitrogen and oxygen atoms in total. The minimum atomic E-state index is -4.35. The van der Waals surface area contributed by atoms with Gasteiger partial charge in [-0.2, -0.15) is 18.3 Å². The van der Waals surface area contributed by atoms with Crippen molar-refractivity contribution < 1.29 is 18.0 Å². The maximum Gasteiger partial charge on any atom is 0.416 e. The van der Waals surface area contributed by atoms with E-state index < -0.39 is 11.7 Å². The second kappa shape index (κ2) is 8.08. The molecular weight excluding hydrogens is 381 g/mol. The highest BCUT2D eigenvalue weighted by molar-refractivity contribution is 5.76. The molecule has 2 aromatic rings. The van der Waals surface area contributed by atoms with Gasteiger partial charge >= 0.3 is 6.18 Å². The smallest absolute Gasteiger partial charge is 0.368 e. The number of rotatable bonds is 3.